The van der Waals surface area contributed by atoms with Crippen LogP contribution in [-0.2, 0) is 4.74 Å². The van der Waals surface area contributed by atoms with Crippen molar-refractivity contribution in [3.8, 4) is 0 Å². The maximum absolute atomic E-state index is 13.3. The van der Waals surface area contributed by atoms with Gasteiger partial charge in [0.2, 0.25) is 0 Å². The molecule has 0 saturated carbocycles. The van der Waals surface area contributed by atoms with E-state index >= 15 is 0 Å². The second-order valence-corrected chi connectivity index (χ2v) is 4.68. The van der Waals surface area contributed by atoms with Crippen LogP contribution in [0.25, 0.3) is 0 Å². The van der Waals surface area contributed by atoms with Crippen LogP contribution >= 0.6 is 0 Å². The van der Waals surface area contributed by atoms with E-state index in [1.165, 1.54) is 25.0 Å². The maximum atomic E-state index is 13.3. The van der Waals surface area contributed by atoms with E-state index in [-0.39, 0.29) is 5.56 Å². The highest BCUT2D eigenvalue weighted by atomic mass is 19.1. The third kappa shape index (κ3) is 4.86. The second-order valence-electron chi connectivity index (χ2n) is 4.68. The van der Waals surface area contributed by atoms with Crippen molar-refractivity contribution in [1.82, 2.24) is 0 Å². The monoisotopic (exact) mass is 252 g/mol. The average molecular weight is 252 g/mol. The first-order valence-electron chi connectivity index (χ1n) is 6.56. The molecule has 100 valence electrons. The fourth-order valence-corrected chi connectivity index (χ4v) is 1.75. The largest absolute Gasteiger partial charge is 0.462 e. The van der Waals surface area contributed by atoms with Gasteiger partial charge in [-0.3, -0.25) is 0 Å². The van der Waals surface area contributed by atoms with Gasteiger partial charge in [-0.25, -0.2) is 9.18 Å². The Morgan fingerprint density at radius 2 is 2.06 bits per heavy atom. The number of esters is 1. The van der Waals surface area contributed by atoms with Crippen LogP contribution in [-0.4, -0.2) is 12.6 Å². The van der Waals surface area contributed by atoms with E-state index in [4.69, 9.17) is 4.74 Å². The van der Waals surface area contributed by atoms with Crippen molar-refractivity contribution in [2.24, 2.45) is 5.92 Å². The predicted octanol–water partition coefficient (Wildman–Crippen LogP) is 4.20. The summed E-state index contributed by atoms with van der Waals surface area (Å²) in [6, 6.07) is 5.89. The number of hydrogen-bond acceptors (Lipinski definition) is 2. The lowest BCUT2D eigenvalue weighted by atomic mass is 10.0. The Morgan fingerprint density at radius 1 is 1.33 bits per heavy atom. The van der Waals surface area contributed by atoms with Crippen LogP contribution < -0.4 is 0 Å². The highest BCUT2D eigenvalue weighted by Gasteiger charge is 2.13. The van der Waals surface area contributed by atoms with E-state index in [1.807, 2.05) is 6.92 Å². The van der Waals surface area contributed by atoms with Crippen LogP contribution in [0, 0.1) is 11.7 Å². The summed E-state index contributed by atoms with van der Waals surface area (Å²) < 4.78 is 18.4. The molecule has 1 atom stereocenters. The number of ether oxygens (including phenoxy) is 1. The fraction of sp³-hybridized carbons (Fsp3) is 0.533. The summed E-state index contributed by atoms with van der Waals surface area (Å²) in [6.45, 7) is 4.56. The van der Waals surface area contributed by atoms with Crippen molar-refractivity contribution in [3.63, 3.8) is 0 Å². The number of halogens is 1. The first kappa shape index (κ1) is 14.7. The van der Waals surface area contributed by atoms with Crippen molar-refractivity contribution < 1.29 is 13.9 Å². The summed E-state index contributed by atoms with van der Waals surface area (Å²) in [5.41, 5.74) is 0.0123. The summed E-state index contributed by atoms with van der Waals surface area (Å²) in [5.74, 6) is -0.774. The predicted molar refractivity (Wildman–Crippen MR) is 70.0 cm³/mol. The molecule has 2 nitrogen and oxygen atoms in total. The molecule has 18 heavy (non-hydrogen) atoms. The van der Waals surface area contributed by atoms with Gasteiger partial charge >= 0.3 is 5.97 Å². The van der Waals surface area contributed by atoms with Gasteiger partial charge in [-0.15, -0.1) is 0 Å². The Bertz CT molecular complexity index is 377. The minimum absolute atomic E-state index is 0.0123. The van der Waals surface area contributed by atoms with Gasteiger partial charge in [-0.05, 0) is 24.5 Å². The van der Waals surface area contributed by atoms with Crippen LogP contribution in [0.15, 0.2) is 24.3 Å². The zero-order valence-electron chi connectivity index (χ0n) is 11.1. The normalized spacial score (nSPS) is 12.2. The number of rotatable bonds is 7. The van der Waals surface area contributed by atoms with Gasteiger partial charge in [-0.2, -0.15) is 0 Å². The molecule has 1 aromatic carbocycles. The molecule has 3 heteroatoms. The first-order valence-corrected chi connectivity index (χ1v) is 6.56. The van der Waals surface area contributed by atoms with Crippen molar-refractivity contribution in [2.45, 2.75) is 39.5 Å². The average Bonchev–Trinajstić information content (AvgIpc) is 2.37. The third-order valence-electron chi connectivity index (χ3n) is 2.89. The van der Waals surface area contributed by atoms with E-state index in [2.05, 4.69) is 6.92 Å². The molecule has 1 aromatic rings. The van der Waals surface area contributed by atoms with Crippen LogP contribution in [0.4, 0.5) is 4.39 Å². The van der Waals surface area contributed by atoms with E-state index < -0.39 is 11.8 Å². The first-order chi connectivity index (χ1) is 8.65. The zero-order chi connectivity index (χ0) is 13.4. The molecule has 0 bridgehead atoms. The lowest BCUT2D eigenvalue weighted by molar-refractivity contribution is 0.0437. The number of benzene rings is 1. The molecule has 0 radical (unpaired) electrons. The molecule has 0 aliphatic rings. The quantitative estimate of drug-likeness (QED) is 0.537. The Labute approximate surface area is 108 Å². The Balaban J connectivity index is 2.35. The molecule has 0 aliphatic carbocycles. The smallest absolute Gasteiger partial charge is 0.341 e. The minimum Gasteiger partial charge on any atom is -0.462 e. The molecule has 0 aromatic heterocycles. The van der Waals surface area contributed by atoms with Crippen molar-refractivity contribution >= 4 is 5.97 Å². The van der Waals surface area contributed by atoms with Crippen molar-refractivity contribution in [3.05, 3.63) is 35.6 Å². The van der Waals surface area contributed by atoms with Gasteiger partial charge < -0.3 is 4.74 Å². The van der Waals surface area contributed by atoms with Crippen molar-refractivity contribution in [2.75, 3.05) is 6.61 Å². The summed E-state index contributed by atoms with van der Waals surface area (Å²) in [7, 11) is 0. The summed E-state index contributed by atoms with van der Waals surface area (Å²) in [6.07, 6.45) is 4.57. The summed E-state index contributed by atoms with van der Waals surface area (Å²) >= 11 is 0. The second kappa shape index (κ2) is 7.85. The highest BCUT2D eigenvalue weighted by molar-refractivity contribution is 5.89. The van der Waals surface area contributed by atoms with Gasteiger partial charge in [0.05, 0.1) is 12.2 Å². The zero-order valence-corrected chi connectivity index (χ0v) is 11.1. The molecule has 0 fully saturated rings. The lowest BCUT2D eigenvalue weighted by Crippen LogP contribution is -2.13. The van der Waals surface area contributed by atoms with E-state index in [0.717, 1.165) is 12.8 Å². The van der Waals surface area contributed by atoms with E-state index in [9.17, 15) is 9.18 Å². The number of carbonyl (C=O) groups is 1. The van der Waals surface area contributed by atoms with Crippen molar-refractivity contribution in [1.29, 1.82) is 0 Å². The number of carbonyl (C=O) groups excluding carboxylic acids is 1. The molecule has 0 saturated heterocycles. The standard InChI is InChI=1S/C15H21FO2/c1-3-4-5-8-12(2)11-18-15(17)13-9-6-7-10-14(13)16/h6-7,9-10,12H,3-5,8,11H2,1-2H3. The summed E-state index contributed by atoms with van der Waals surface area (Å²) in [5, 5.41) is 0. The van der Waals surface area contributed by atoms with E-state index in [1.54, 1.807) is 12.1 Å². The van der Waals surface area contributed by atoms with Gasteiger partial charge in [0.1, 0.15) is 5.82 Å². The number of unbranched alkanes of at least 4 members (excludes halogenated alkanes) is 2. The van der Waals surface area contributed by atoms with Gasteiger partial charge in [0.25, 0.3) is 0 Å². The number of hydrogen-bond donors (Lipinski definition) is 0. The van der Waals surface area contributed by atoms with Gasteiger partial charge in [0, 0.05) is 0 Å². The molecule has 0 amide bonds. The van der Waals surface area contributed by atoms with Crippen LogP contribution in [0.1, 0.15) is 49.9 Å². The fourth-order valence-electron chi connectivity index (χ4n) is 1.75. The molecule has 0 spiro atoms. The SMILES string of the molecule is CCCCCC(C)COC(=O)c1ccccc1F. The maximum Gasteiger partial charge on any atom is 0.341 e. The van der Waals surface area contributed by atoms with Crippen LogP contribution in [0.5, 0.6) is 0 Å². The molecule has 0 aliphatic heterocycles. The van der Waals surface area contributed by atoms with Crippen LogP contribution in [0.3, 0.4) is 0 Å². The van der Waals surface area contributed by atoms with Gasteiger partial charge in [0.15, 0.2) is 0 Å². The molecular weight excluding hydrogens is 231 g/mol. The third-order valence-corrected chi connectivity index (χ3v) is 2.89. The van der Waals surface area contributed by atoms with Crippen LogP contribution in [0.2, 0.25) is 0 Å². The minimum atomic E-state index is -0.574. The molecule has 1 rings (SSSR count). The summed E-state index contributed by atoms with van der Waals surface area (Å²) in [4.78, 5) is 11.6. The van der Waals surface area contributed by atoms with Gasteiger partial charge in [-0.1, -0.05) is 45.2 Å². The Kier molecular flexibility index (Phi) is 6.40. The molecule has 1 unspecified atom stereocenters. The Morgan fingerprint density at radius 3 is 2.72 bits per heavy atom. The highest BCUT2D eigenvalue weighted by Crippen LogP contribution is 2.12. The Hall–Kier alpha value is -1.38. The molecular formula is C15H21FO2. The molecule has 0 heterocycles. The molecule has 0 N–H and O–H groups in total. The van der Waals surface area contributed by atoms with E-state index in [0.29, 0.717) is 12.5 Å². The topological polar surface area (TPSA) is 26.3 Å². The lowest BCUT2D eigenvalue weighted by Gasteiger charge is -2.12.